The quantitative estimate of drug-likeness (QED) is 0.889. The molecule has 1 aliphatic carbocycles. The first-order valence-electron chi connectivity index (χ1n) is 7.94. The summed E-state index contributed by atoms with van der Waals surface area (Å²) >= 11 is 0. The zero-order valence-corrected chi connectivity index (χ0v) is 13.5. The van der Waals surface area contributed by atoms with E-state index in [0.717, 1.165) is 12.3 Å². The van der Waals surface area contributed by atoms with Gasteiger partial charge in [-0.1, -0.05) is 45.2 Å². The number of benzene rings is 1. The topological polar surface area (TPSA) is 35.2 Å². The van der Waals surface area contributed by atoms with Gasteiger partial charge in [0.2, 0.25) is 0 Å². The van der Waals surface area contributed by atoms with Crippen molar-refractivity contribution in [2.45, 2.75) is 64.2 Å². The molecule has 20 heavy (non-hydrogen) atoms. The molecule has 1 fully saturated rings. The van der Waals surface area contributed by atoms with Crippen LogP contribution >= 0.6 is 0 Å². The maximum Gasteiger partial charge on any atom is 0.125 e. The predicted molar refractivity (Wildman–Crippen MR) is 85.6 cm³/mol. The van der Waals surface area contributed by atoms with Crippen LogP contribution < -0.4 is 10.5 Å². The second-order valence-corrected chi connectivity index (χ2v) is 6.58. The third-order valence-electron chi connectivity index (χ3n) is 4.94. The molecule has 0 aromatic heterocycles. The van der Waals surface area contributed by atoms with E-state index in [1.807, 2.05) is 0 Å². The minimum Gasteiger partial charge on any atom is -0.496 e. The molecule has 2 heteroatoms. The Morgan fingerprint density at radius 3 is 2.35 bits per heavy atom. The van der Waals surface area contributed by atoms with Crippen molar-refractivity contribution in [1.29, 1.82) is 0 Å². The van der Waals surface area contributed by atoms with E-state index in [-0.39, 0.29) is 5.41 Å². The number of hydrogen-bond donors (Lipinski definition) is 1. The molecule has 0 bridgehead atoms. The SMILES string of the molecule is COc1c(C)ccc(C(C)C)c1C1(CN)CCCCC1. The molecule has 0 amide bonds. The van der Waals surface area contributed by atoms with Crippen molar-refractivity contribution in [3.63, 3.8) is 0 Å². The zero-order valence-electron chi connectivity index (χ0n) is 13.5. The van der Waals surface area contributed by atoms with Crippen molar-refractivity contribution < 1.29 is 4.74 Å². The van der Waals surface area contributed by atoms with Gasteiger partial charge in [-0.05, 0) is 36.8 Å². The number of rotatable bonds is 4. The summed E-state index contributed by atoms with van der Waals surface area (Å²) in [7, 11) is 1.79. The van der Waals surface area contributed by atoms with Crippen LogP contribution in [0.25, 0.3) is 0 Å². The Balaban J connectivity index is 2.65. The van der Waals surface area contributed by atoms with Crippen molar-refractivity contribution in [2.75, 3.05) is 13.7 Å². The second-order valence-electron chi connectivity index (χ2n) is 6.58. The van der Waals surface area contributed by atoms with Gasteiger partial charge in [-0.15, -0.1) is 0 Å². The van der Waals surface area contributed by atoms with E-state index in [0.29, 0.717) is 5.92 Å². The van der Waals surface area contributed by atoms with Crippen molar-refractivity contribution in [1.82, 2.24) is 0 Å². The first-order valence-corrected chi connectivity index (χ1v) is 7.94. The molecule has 1 aliphatic rings. The van der Waals surface area contributed by atoms with E-state index in [1.54, 1.807) is 7.11 Å². The molecule has 0 unspecified atom stereocenters. The number of methoxy groups -OCH3 is 1. The van der Waals surface area contributed by atoms with Crippen molar-refractivity contribution >= 4 is 0 Å². The van der Waals surface area contributed by atoms with E-state index in [4.69, 9.17) is 10.5 Å². The van der Waals surface area contributed by atoms with E-state index in [1.165, 1.54) is 48.8 Å². The number of ether oxygens (including phenoxy) is 1. The van der Waals surface area contributed by atoms with E-state index >= 15 is 0 Å². The summed E-state index contributed by atoms with van der Waals surface area (Å²) in [6.07, 6.45) is 6.30. The monoisotopic (exact) mass is 275 g/mol. The first kappa shape index (κ1) is 15.4. The van der Waals surface area contributed by atoms with Gasteiger partial charge < -0.3 is 10.5 Å². The highest BCUT2D eigenvalue weighted by Gasteiger charge is 2.37. The summed E-state index contributed by atoms with van der Waals surface area (Å²) < 4.78 is 5.79. The highest BCUT2D eigenvalue weighted by Crippen LogP contribution is 2.46. The molecular weight excluding hydrogens is 246 g/mol. The Bertz CT molecular complexity index is 459. The lowest BCUT2D eigenvalue weighted by Gasteiger charge is -2.40. The maximum absolute atomic E-state index is 6.26. The number of aryl methyl sites for hydroxylation is 1. The van der Waals surface area contributed by atoms with Gasteiger partial charge in [0, 0.05) is 17.5 Å². The molecule has 0 radical (unpaired) electrons. The minimum absolute atomic E-state index is 0.120. The van der Waals surface area contributed by atoms with Crippen molar-refractivity contribution in [3.8, 4) is 5.75 Å². The average molecular weight is 275 g/mol. The van der Waals surface area contributed by atoms with Gasteiger partial charge in [-0.2, -0.15) is 0 Å². The summed E-state index contributed by atoms with van der Waals surface area (Å²) in [5.41, 5.74) is 10.4. The average Bonchev–Trinajstić information content (AvgIpc) is 2.47. The van der Waals surface area contributed by atoms with Crippen molar-refractivity contribution in [2.24, 2.45) is 5.73 Å². The Morgan fingerprint density at radius 1 is 1.20 bits per heavy atom. The Labute approximate surface area is 123 Å². The lowest BCUT2D eigenvalue weighted by Crippen LogP contribution is -2.38. The summed E-state index contributed by atoms with van der Waals surface area (Å²) in [6, 6.07) is 4.47. The molecule has 0 saturated heterocycles. The van der Waals surface area contributed by atoms with Gasteiger partial charge in [0.15, 0.2) is 0 Å². The van der Waals surface area contributed by atoms with Gasteiger partial charge in [0.1, 0.15) is 5.75 Å². The number of hydrogen-bond acceptors (Lipinski definition) is 2. The van der Waals surface area contributed by atoms with Crippen LogP contribution in [0, 0.1) is 6.92 Å². The lowest BCUT2D eigenvalue weighted by atomic mass is 9.66. The summed E-state index contributed by atoms with van der Waals surface area (Å²) in [6.45, 7) is 7.40. The lowest BCUT2D eigenvalue weighted by molar-refractivity contribution is 0.284. The molecule has 1 aromatic rings. The largest absolute Gasteiger partial charge is 0.496 e. The van der Waals surface area contributed by atoms with Crippen LogP contribution in [-0.2, 0) is 5.41 Å². The van der Waals surface area contributed by atoms with Crippen LogP contribution in [-0.4, -0.2) is 13.7 Å². The Hall–Kier alpha value is -1.02. The molecule has 2 nitrogen and oxygen atoms in total. The highest BCUT2D eigenvalue weighted by molar-refractivity contribution is 5.52. The predicted octanol–water partition coefficient (Wildman–Crippen LogP) is 4.29. The number of nitrogens with two attached hydrogens (primary N) is 1. The molecule has 2 N–H and O–H groups in total. The van der Waals surface area contributed by atoms with Gasteiger partial charge in [0.05, 0.1) is 7.11 Å². The van der Waals surface area contributed by atoms with Crippen molar-refractivity contribution in [3.05, 3.63) is 28.8 Å². The fraction of sp³-hybridized carbons (Fsp3) is 0.667. The van der Waals surface area contributed by atoms with Gasteiger partial charge >= 0.3 is 0 Å². The molecule has 1 saturated carbocycles. The van der Waals surface area contributed by atoms with E-state index in [9.17, 15) is 0 Å². The zero-order chi connectivity index (χ0) is 14.8. The van der Waals surface area contributed by atoms with E-state index < -0.39 is 0 Å². The normalized spacial score (nSPS) is 18.3. The summed E-state index contributed by atoms with van der Waals surface area (Å²) in [5.74, 6) is 1.58. The molecule has 2 rings (SSSR count). The molecular formula is C18H29NO. The summed E-state index contributed by atoms with van der Waals surface area (Å²) in [5, 5.41) is 0. The molecule has 0 atom stereocenters. The van der Waals surface area contributed by atoms with Crippen LogP contribution in [0.5, 0.6) is 5.75 Å². The third kappa shape index (κ3) is 2.58. The summed E-state index contributed by atoms with van der Waals surface area (Å²) in [4.78, 5) is 0. The first-order chi connectivity index (χ1) is 9.55. The van der Waals surface area contributed by atoms with Crippen LogP contribution in [0.1, 0.15) is 68.6 Å². The Kier molecular flexibility index (Phi) is 4.74. The molecule has 112 valence electrons. The van der Waals surface area contributed by atoms with Crippen LogP contribution in [0.3, 0.4) is 0 Å². The van der Waals surface area contributed by atoms with Gasteiger partial charge in [-0.25, -0.2) is 0 Å². The second kappa shape index (κ2) is 6.17. The van der Waals surface area contributed by atoms with Crippen LogP contribution in [0.2, 0.25) is 0 Å². The molecule has 0 spiro atoms. The smallest absolute Gasteiger partial charge is 0.125 e. The van der Waals surface area contributed by atoms with Gasteiger partial charge in [-0.3, -0.25) is 0 Å². The molecule has 1 aromatic carbocycles. The van der Waals surface area contributed by atoms with Gasteiger partial charge in [0.25, 0.3) is 0 Å². The van der Waals surface area contributed by atoms with E-state index in [2.05, 4.69) is 32.9 Å². The minimum atomic E-state index is 0.120. The highest BCUT2D eigenvalue weighted by atomic mass is 16.5. The third-order valence-corrected chi connectivity index (χ3v) is 4.94. The molecule has 0 heterocycles. The van der Waals surface area contributed by atoms with Crippen LogP contribution in [0.4, 0.5) is 0 Å². The van der Waals surface area contributed by atoms with Crippen LogP contribution in [0.15, 0.2) is 12.1 Å². The fourth-order valence-electron chi connectivity index (χ4n) is 3.78. The molecule has 0 aliphatic heterocycles. The fourth-order valence-corrected chi connectivity index (χ4v) is 3.78. The maximum atomic E-state index is 6.26. The standard InChI is InChI=1S/C18H29NO/c1-13(2)15-9-8-14(3)17(20-4)16(15)18(12-19)10-6-5-7-11-18/h8-9,13H,5-7,10-12,19H2,1-4H3. The Morgan fingerprint density at radius 2 is 1.85 bits per heavy atom.